The zero-order chi connectivity index (χ0) is 19.7. The van der Waals surface area contributed by atoms with Crippen molar-refractivity contribution in [3.63, 3.8) is 0 Å². The highest BCUT2D eigenvalue weighted by molar-refractivity contribution is 4.57. The third-order valence-corrected chi connectivity index (χ3v) is 4.94. The van der Waals surface area contributed by atoms with Crippen LogP contribution in [0.15, 0.2) is 0 Å². The van der Waals surface area contributed by atoms with E-state index in [1.54, 1.807) is 0 Å². The van der Waals surface area contributed by atoms with Gasteiger partial charge < -0.3 is 9.84 Å². The van der Waals surface area contributed by atoms with Gasteiger partial charge in [0.1, 0.15) is 0 Å². The fraction of sp³-hybridized carbons (Fsp3) is 1.00. The molecule has 0 aliphatic rings. The van der Waals surface area contributed by atoms with E-state index in [-0.39, 0.29) is 6.10 Å². The molecule has 0 aromatic carbocycles. The lowest BCUT2D eigenvalue weighted by Gasteiger charge is -2.10. The number of aliphatic hydroxyl groups excluding tert-OH is 1. The fourth-order valence-electron chi connectivity index (χ4n) is 3.20. The molecule has 0 spiro atoms. The predicted molar refractivity (Wildman–Crippen MR) is 118 cm³/mol. The van der Waals surface area contributed by atoms with Gasteiger partial charge in [-0.3, -0.25) is 0 Å². The number of ether oxygens (including phenoxy) is 1. The molecule has 0 aliphatic carbocycles. The predicted octanol–water partition coefficient (Wildman–Crippen LogP) is 8.06. The maximum absolute atomic E-state index is 9.95. The molecule has 0 saturated carbocycles. The topological polar surface area (TPSA) is 29.5 Å². The lowest BCUT2D eigenvalue weighted by Crippen LogP contribution is -2.05. The summed E-state index contributed by atoms with van der Waals surface area (Å²) in [5, 5.41) is 9.95. The summed E-state index contributed by atoms with van der Waals surface area (Å²) >= 11 is 0. The van der Waals surface area contributed by atoms with E-state index in [1.165, 1.54) is 96.3 Å². The average molecular weight is 373 g/mol. The zero-order valence-corrected chi connectivity index (χ0v) is 18.9. The summed E-state index contributed by atoms with van der Waals surface area (Å²) in [4.78, 5) is 0. The van der Waals surface area contributed by atoms with Gasteiger partial charge >= 0.3 is 0 Å². The Bertz CT molecular complexity index is 216. The first-order valence-corrected chi connectivity index (χ1v) is 12.0. The van der Waals surface area contributed by atoms with E-state index >= 15 is 0 Å². The Morgan fingerprint density at radius 2 is 0.808 bits per heavy atom. The molecule has 0 aromatic rings. The molecule has 0 fully saturated rings. The van der Waals surface area contributed by atoms with Crippen molar-refractivity contribution in [1.82, 2.24) is 0 Å². The van der Waals surface area contributed by atoms with Gasteiger partial charge in [0.15, 0.2) is 0 Å². The summed E-state index contributed by atoms with van der Waals surface area (Å²) in [7, 11) is 0. The van der Waals surface area contributed by atoms with Gasteiger partial charge in [0.2, 0.25) is 0 Å². The van der Waals surface area contributed by atoms with Crippen LogP contribution in [0.1, 0.15) is 137 Å². The van der Waals surface area contributed by atoms with Crippen LogP contribution in [-0.4, -0.2) is 24.4 Å². The molecule has 2 heteroatoms. The minimum Gasteiger partial charge on any atom is -0.393 e. The second-order valence-electron chi connectivity index (χ2n) is 7.61. The van der Waals surface area contributed by atoms with Crippen LogP contribution in [-0.2, 0) is 4.74 Å². The van der Waals surface area contributed by atoms with Crippen molar-refractivity contribution in [2.75, 3.05) is 13.2 Å². The molecule has 0 aliphatic heterocycles. The quantitative estimate of drug-likeness (QED) is 0.232. The summed E-state index contributed by atoms with van der Waals surface area (Å²) < 4.78 is 4.83. The van der Waals surface area contributed by atoms with Crippen molar-refractivity contribution in [1.29, 1.82) is 0 Å². The van der Waals surface area contributed by atoms with Gasteiger partial charge in [0, 0.05) is 13.2 Å². The summed E-state index contributed by atoms with van der Waals surface area (Å²) in [6, 6.07) is 0. The number of rotatable bonds is 19. The van der Waals surface area contributed by atoms with E-state index < -0.39 is 0 Å². The Kier molecular flexibility index (Phi) is 29.4. The highest BCUT2D eigenvalue weighted by Crippen LogP contribution is 2.14. The Morgan fingerprint density at radius 3 is 1.08 bits per heavy atom. The summed E-state index contributed by atoms with van der Waals surface area (Å²) in [6.07, 6.45) is 22.3. The molecule has 1 atom stereocenters. The Labute approximate surface area is 166 Å². The zero-order valence-electron chi connectivity index (χ0n) is 18.9. The van der Waals surface area contributed by atoms with Crippen molar-refractivity contribution in [3.05, 3.63) is 0 Å². The molecule has 0 rings (SSSR count). The van der Waals surface area contributed by atoms with E-state index in [4.69, 9.17) is 4.74 Å². The molecule has 2 nitrogen and oxygen atoms in total. The molecule has 0 bridgehead atoms. The first-order chi connectivity index (χ1) is 12.7. The van der Waals surface area contributed by atoms with Crippen molar-refractivity contribution in [2.24, 2.45) is 0 Å². The van der Waals surface area contributed by atoms with Crippen LogP contribution in [0.2, 0.25) is 0 Å². The highest BCUT2D eigenvalue weighted by Gasteiger charge is 2.03. The number of aliphatic hydroxyl groups is 1. The molecule has 0 saturated heterocycles. The van der Waals surface area contributed by atoms with Gasteiger partial charge in [-0.15, -0.1) is 0 Å². The second kappa shape index (κ2) is 27.1. The largest absolute Gasteiger partial charge is 0.393 e. The van der Waals surface area contributed by atoms with E-state index in [0.717, 1.165) is 26.1 Å². The number of hydrogen-bond acceptors (Lipinski definition) is 2. The van der Waals surface area contributed by atoms with E-state index in [2.05, 4.69) is 13.8 Å². The summed E-state index contributed by atoms with van der Waals surface area (Å²) in [6.45, 7) is 10.2. The maximum atomic E-state index is 9.95. The summed E-state index contributed by atoms with van der Waals surface area (Å²) in [5.74, 6) is 0. The first kappa shape index (κ1) is 28.1. The number of unbranched alkanes of at least 4 members (excludes halogenated alkanes) is 13. The van der Waals surface area contributed by atoms with Crippen molar-refractivity contribution in [2.45, 2.75) is 143 Å². The standard InChI is InChI=1S/C20H42O.C4H10O/c1-3-5-7-9-11-12-13-15-17-19-20(21)18-16-14-10-8-6-4-2;1-3-5-4-2/h20-21H,3-19H2,1-2H3;3-4H2,1-2H3. The average Bonchev–Trinajstić information content (AvgIpc) is 2.64. The van der Waals surface area contributed by atoms with Crippen LogP contribution in [0.3, 0.4) is 0 Å². The lowest BCUT2D eigenvalue weighted by atomic mass is 10.0. The molecule has 26 heavy (non-hydrogen) atoms. The fourth-order valence-corrected chi connectivity index (χ4v) is 3.20. The second-order valence-corrected chi connectivity index (χ2v) is 7.61. The van der Waals surface area contributed by atoms with Crippen molar-refractivity contribution in [3.8, 4) is 0 Å². The third kappa shape index (κ3) is 28.7. The van der Waals surface area contributed by atoms with Crippen LogP contribution in [0.5, 0.6) is 0 Å². The molecule has 1 unspecified atom stereocenters. The smallest absolute Gasteiger partial charge is 0.0540 e. The minimum absolute atomic E-state index is 0.0271. The molecule has 0 amide bonds. The van der Waals surface area contributed by atoms with Gasteiger partial charge in [-0.05, 0) is 26.7 Å². The van der Waals surface area contributed by atoms with Gasteiger partial charge in [-0.25, -0.2) is 0 Å². The molecule has 1 N–H and O–H groups in total. The third-order valence-electron chi connectivity index (χ3n) is 4.94. The Balaban J connectivity index is 0. The van der Waals surface area contributed by atoms with Crippen LogP contribution in [0.25, 0.3) is 0 Å². The van der Waals surface area contributed by atoms with Crippen LogP contribution in [0.4, 0.5) is 0 Å². The maximum Gasteiger partial charge on any atom is 0.0540 e. The lowest BCUT2D eigenvalue weighted by molar-refractivity contribution is 0.147. The number of hydrogen-bond donors (Lipinski definition) is 1. The highest BCUT2D eigenvalue weighted by atomic mass is 16.5. The Hall–Kier alpha value is -0.0800. The van der Waals surface area contributed by atoms with Crippen molar-refractivity contribution < 1.29 is 9.84 Å². The van der Waals surface area contributed by atoms with Crippen LogP contribution >= 0.6 is 0 Å². The van der Waals surface area contributed by atoms with E-state index in [9.17, 15) is 5.11 Å². The first-order valence-electron chi connectivity index (χ1n) is 12.0. The van der Waals surface area contributed by atoms with Crippen molar-refractivity contribution >= 4 is 0 Å². The van der Waals surface area contributed by atoms with Gasteiger partial charge in [0.05, 0.1) is 6.10 Å². The SMILES string of the molecule is CCCCCCCCCCCC(O)CCCCCCCC.CCOCC. The van der Waals surface area contributed by atoms with Gasteiger partial charge in [-0.2, -0.15) is 0 Å². The minimum atomic E-state index is -0.0271. The van der Waals surface area contributed by atoms with E-state index in [1.807, 2.05) is 13.8 Å². The molecular weight excluding hydrogens is 320 g/mol. The molecule has 0 aromatic heterocycles. The molecule has 0 heterocycles. The molecule has 0 radical (unpaired) electrons. The molecular formula is C24H52O2. The van der Waals surface area contributed by atoms with Crippen LogP contribution in [0, 0.1) is 0 Å². The monoisotopic (exact) mass is 372 g/mol. The van der Waals surface area contributed by atoms with Gasteiger partial charge in [0.25, 0.3) is 0 Å². The Morgan fingerprint density at radius 1 is 0.500 bits per heavy atom. The van der Waals surface area contributed by atoms with Gasteiger partial charge in [-0.1, -0.05) is 110 Å². The van der Waals surface area contributed by atoms with Crippen LogP contribution < -0.4 is 0 Å². The summed E-state index contributed by atoms with van der Waals surface area (Å²) in [5.41, 5.74) is 0. The van der Waals surface area contributed by atoms with E-state index in [0.29, 0.717) is 0 Å². The normalized spacial score (nSPS) is 11.9. The molecule has 160 valence electrons.